The van der Waals surface area contributed by atoms with Crippen molar-refractivity contribution in [2.45, 2.75) is 19.9 Å². The highest BCUT2D eigenvalue weighted by molar-refractivity contribution is 5.72. The lowest BCUT2D eigenvalue weighted by Gasteiger charge is -2.17. The number of benzene rings is 1. The molecule has 0 aliphatic rings. The van der Waals surface area contributed by atoms with Crippen LogP contribution in [0.15, 0.2) is 24.3 Å². The number of amides is 1. The minimum atomic E-state index is -0.00301. The molecule has 0 aliphatic carbocycles. The molecule has 0 aliphatic heterocycles. The number of rotatable bonds is 6. The van der Waals surface area contributed by atoms with Crippen molar-refractivity contribution in [1.29, 1.82) is 0 Å². The molecule has 1 aromatic rings. The second kappa shape index (κ2) is 6.91. The van der Waals surface area contributed by atoms with Gasteiger partial charge in [-0.3, -0.25) is 4.79 Å². The van der Waals surface area contributed by atoms with E-state index in [1.165, 1.54) is 6.92 Å². The van der Waals surface area contributed by atoms with Crippen LogP contribution in [0.3, 0.4) is 0 Å². The average molecular weight is 236 g/mol. The van der Waals surface area contributed by atoms with Crippen LogP contribution < -0.4 is 15.4 Å². The zero-order chi connectivity index (χ0) is 12.7. The SMILES string of the molecule is COc1ccccc1C(C)NCCNC(C)=O. The van der Waals surface area contributed by atoms with Gasteiger partial charge in [-0.2, -0.15) is 0 Å². The van der Waals surface area contributed by atoms with Crippen LogP contribution in [0.2, 0.25) is 0 Å². The molecule has 0 saturated heterocycles. The Morgan fingerprint density at radius 3 is 2.71 bits per heavy atom. The standard InChI is InChI=1S/C13H20N2O2/c1-10(14-8-9-15-11(2)16)12-6-4-5-7-13(12)17-3/h4-7,10,14H,8-9H2,1-3H3,(H,15,16). The molecule has 0 saturated carbocycles. The third kappa shape index (κ3) is 4.44. The van der Waals surface area contributed by atoms with Gasteiger partial charge in [0.25, 0.3) is 0 Å². The van der Waals surface area contributed by atoms with Gasteiger partial charge in [-0.05, 0) is 13.0 Å². The van der Waals surface area contributed by atoms with Gasteiger partial charge in [0.15, 0.2) is 0 Å². The Morgan fingerprint density at radius 1 is 1.35 bits per heavy atom. The lowest BCUT2D eigenvalue weighted by molar-refractivity contribution is -0.118. The monoisotopic (exact) mass is 236 g/mol. The maximum Gasteiger partial charge on any atom is 0.216 e. The molecule has 0 fully saturated rings. The van der Waals surface area contributed by atoms with Crippen LogP contribution in [-0.4, -0.2) is 26.1 Å². The van der Waals surface area contributed by atoms with Gasteiger partial charge < -0.3 is 15.4 Å². The molecule has 1 unspecified atom stereocenters. The predicted molar refractivity (Wildman–Crippen MR) is 68.1 cm³/mol. The number of ether oxygens (including phenoxy) is 1. The van der Waals surface area contributed by atoms with Crippen LogP contribution in [0, 0.1) is 0 Å². The molecular formula is C13H20N2O2. The Balaban J connectivity index is 2.46. The third-order valence-electron chi connectivity index (χ3n) is 2.55. The molecular weight excluding hydrogens is 216 g/mol. The number of para-hydroxylation sites is 1. The first-order valence-electron chi connectivity index (χ1n) is 5.76. The van der Waals surface area contributed by atoms with Crippen LogP contribution >= 0.6 is 0 Å². The first-order valence-corrected chi connectivity index (χ1v) is 5.76. The first kappa shape index (κ1) is 13.5. The summed E-state index contributed by atoms with van der Waals surface area (Å²) in [5.41, 5.74) is 1.12. The average Bonchev–Trinajstić information content (AvgIpc) is 2.34. The molecule has 4 heteroatoms. The van der Waals surface area contributed by atoms with E-state index in [4.69, 9.17) is 4.74 Å². The van der Waals surface area contributed by atoms with Crippen molar-refractivity contribution in [3.05, 3.63) is 29.8 Å². The lowest BCUT2D eigenvalue weighted by Crippen LogP contribution is -2.31. The largest absolute Gasteiger partial charge is 0.496 e. The molecule has 4 nitrogen and oxygen atoms in total. The zero-order valence-corrected chi connectivity index (χ0v) is 10.6. The first-order chi connectivity index (χ1) is 8.15. The summed E-state index contributed by atoms with van der Waals surface area (Å²) in [6.45, 7) is 4.96. The van der Waals surface area contributed by atoms with Crippen molar-refractivity contribution < 1.29 is 9.53 Å². The number of hydrogen-bond donors (Lipinski definition) is 2. The second-order valence-electron chi connectivity index (χ2n) is 3.90. The van der Waals surface area contributed by atoms with Crippen LogP contribution in [0.1, 0.15) is 25.5 Å². The highest BCUT2D eigenvalue weighted by Crippen LogP contribution is 2.23. The Labute approximate surface area is 102 Å². The van der Waals surface area contributed by atoms with Crippen molar-refractivity contribution in [2.75, 3.05) is 20.2 Å². The van der Waals surface area contributed by atoms with Crippen molar-refractivity contribution >= 4 is 5.91 Å². The zero-order valence-electron chi connectivity index (χ0n) is 10.6. The Bertz CT molecular complexity index is 366. The highest BCUT2D eigenvalue weighted by Gasteiger charge is 2.09. The van der Waals surface area contributed by atoms with Crippen molar-refractivity contribution in [2.24, 2.45) is 0 Å². The highest BCUT2D eigenvalue weighted by atomic mass is 16.5. The Morgan fingerprint density at radius 2 is 2.06 bits per heavy atom. The minimum Gasteiger partial charge on any atom is -0.496 e. The van der Waals surface area contributed by atoms with Crippen LogP contribution in [-0.2, 0) is 4.79 Å². The minimum absolute atomic E-state index is 0.00301. The Kier molecular flexibility index (Phi) is 5.49. The molecule has 1 atom stereocenters. The number of carbonyl (C=O) groups is 1. The number of methoxy groups -OCH3 is 1. The molecule has 1 aromatic carbocycles. The van der Waals surface area contributed by atoms with E-state index in [0.717, 1.165) is 17.9 Å². The topological polar surface area (TPSA) is 50.4 Å². The van der Waals surface area contributed by atoms with E-state index < -0.39 is 0 Å². The molecule has 0 heterocycles. The molecule has 0 aromatic heterocycles. The van der Waals surface area contributed by atoms with Crippen molar-refractivity contribution in [1.82, 2.24) is 10.6 Å². The van der Waals surface area contributed by atoms with Crippen LogP contribution in [0.4, 0.5) is 0 Å². The molecule has 0 spiro atoms. The van der Waals surface area contributed by atoms with E-state index in [-0.39, 0.29) is 11.9 Å². The summed E-state index contributed by atoms with van der Waals surface area (Å²) in [6.07, 6.45) is 0. The van der Waals surface area contributed by atoms with Crippen molar-refractivity contribution in [3.8, 4) is 5.75 Å². The normalized spacial score (nSPS) is 11.9. The van der Waals surface area contributed by atoms with E-state index in [0.29, 0.717) is 6.54 Å². The van der Waals surface area contributed by atoms with Crippen LogP contribution in [0.5, 0.6) is 5.75 Å². The summed E-state index contributed by atoms with van der Waals surface area (Å²) < 4.78 is 5.30. The summed E-state index contributed by atoms with van der Waals surface area (Å²) >= 11 is 0. The fraction of sp³-hybridized carbons (Fsp3) is 0.462. The van der Waals surface area contributed by atoms with Gasteiger partial charge in [0.05, 0.1) is 7.11 Å². The molecule has 1 rings (SSSR count). The van der Waals surface area contributed by atoms with Gasteiger partial charge in [0, 0.05) is 31.6 Å². The van der Waals surface area contributed by atoms with E-state index >= 15 is 0 Å². The van der Waals surface area contributed by atoms with Crippen molar-refractivity contribution in [3.63, 3.8) is 0 Å². The van der Waals surface area contributed by atoms with E-state index in [1.54, 1.807) is 7.11 Å². The fourth-order valence-electron chi connectivity index (χ4n) is 1.66. The molecule has 0 radical (unpaired) electrons. The maximum atomic E-state index is 10.7. The summed E-state index contributed by atoms with van der Waals surface area (Å²) in [7, 11) is 1.67. The number of carbonyl (C=O) groups excluding carboxylic acids is 1. The summed E-state index contributed by atoms with van der Waals surface area (Å²) in [5, 5.41) is 6.08. The summed E-state index contributed by atoms with van der Waals surface area (Å²) in [5.74, 6) is 0.878. The summed E-state index contributed by atoms with van der Waals surface area (Å²) in [6, 6.07) is 8.12. The number of nitrogens with one attached hydrogen (secondary N) is 2. The lowest BCUT2D eigenvalue weighted by atomic mass is 10.1. The third-order valence-corrected chi connectivity index (χ3v) is 2.55. The van der Waals surface area contributed by atoms with Gasteiger partial charge in [-0.15, -0.1) is 0 Å². The predicted octanol–water partition coefficient (Wildman–Crippen LogP) is 1.48. The molecule has 0 bridgehead atoms. The van der Waals surface area contributed by atoms with E-state index in [9.17, 15) is 4.79 Å². The quantitative estimate of drug-likeness (QED) is 0.736. The molecule has 94 valence electrons. The fourth-order valence-corrected chi connectivity index (χ4v) is 1.66. The van der Waals surface area contributed by atoms with Gasteiger partial charge in [0.1, 0.15) is 5.75 Å². The summed E-state index contributed by atoms with van der Waals surface area (Å²) in [4.78, 5) is 10.7. The second-order valence-corrected chi connectivity index (χ2v) is 3.90. The van der Waals surface area contributed by atoms with E-state index in [1.807, 2.05) is 24.3 Å². The smallest absolute Gasteiger partial charge is 0.216 e. The van der Waals surface area contributed by atoms with Gasteiger partial charge >= 0.3 is 0 Å². The van der Waals surface area contributed by atoms with Gasteiger partial charge in [-0.1, -0.05) is 18.2 Å². The maximum absolute atomic E-state index is 10.7. The van der Waals surface area contributed by atoms with Gasteiger partial charge in [0.2, 0.25) is 5.91 Å². The van der Waals surface area contributed by atoms with E-state index in [2.05, 4.69) is 17.6 Å². The van der Waals surface area contributed by atoms with Gasteiger partial charge in [-0.25, -0.2) is 0 Å². The number of hydrogen-bond acceptors (Lipinski definition) is 3. The molecule has 17 heavy (non-hydrogen) atoms. The molecule has 2 N–H and O–H groups in total. The molecule has 1 amide bonds. The Hall–Kier alpha value is -1.55. The van der Waals surface area contributed by atoms with Crippen LogP contribution in [0.25, 0.3) is 0 Å².